The van der Waals surface area contributed by atoms with Crippen LogP contribution in [0.1, 0.15) is 30.9 Å². The molecule has 0 aliphatic carbocycles. The van der Waals surface area contributed by atoms with E-state index >= 15 is 0 Å². The molecule has 2 heterocycles. The van der Waals surface area contributed by atoms with Gasteiger partial charge in [-0.1, -0.05) is 5.16 Å². The van der Waals surface area contributed by atoms with Gasteiger partial charge in [0.25, 0.3) is 0 Å². The van der Waals surface area contributed by atoms with E-state index in [1.54, 1.807) is 0 Å². The van der Waals surface area contributed by atoms with Gasteiger partial charge in [0.15, 0.2) is 0 Å². The molecule has 16 heavy (non-hydrogen) atoms. The van der Waals surface area contributed by atoms with Crippen LogP contribution in [0.4, 0.5) is 0 Å². The van der Waals surface area contributed by atoms with Crippen LogP contribution in [-0.2, 0) is 11.3 Å². The van der Waals surface area contributed by atoms with Gasteiger partial charge in [-0.05, 0) is 27.7 Å². The smallest absolute Gasteiger partial charge is 0.138 e. The summed E-state index contributed by atoms with van der Waals surface area (Å²) in [6, 6.07) is 0.463. The average molecular weight is 224 g/mol. The Morgan fingerprint density at radius 3 is 2.75 bits per heavy atom. The van der Waals surface area contributed by atoms with Crippen molar-refractivity contribution < 1.29 is 9.26 Å². The van der Waals surface area contributed by atoms with Crippen molar-refractivity contribution in [3.05, 3.63) is 17.0 Å². The minimum absolute atomic E-state index is 0.316. The fourth-order valence-corrected chi connectivity index (χ4v) is 2.12. The summed E-state index contributed by atoms with van der Waals surface area (Å²) in [5.41, 5.74) is 2.23. The second-order valence-corrected chi connectivity index (χ2v) is 4.73. The molecule has 1 aromatic rings. The zero-order valence-corrected chi connectivity index (χ0v) is 10.5. The van der Waals surface area contributed by atoms with E-state index in [9.17, 15) is 0 Å². The minimum atomic E-state index is 0.316. The van der Waals surface area contributed by atoms with Crippen molar-refractivity contribution >= 4 is 0 Å². The zero-order valence-electron chi connectivity index (χ0n) is 10.5. The number of nitrogens with zero attached hydrogens (tertiary/aromatic N) is 2. The monoisotopic (exact) mass is 224 g/mol. The maximum Gasteiger partial charge on any atom is 0.138 e. The maximum atomic E-state index is 5.62. The van der Waals surface area contributed by atoms with Gasteiger partial charge in [0.05, 0.1) is 18.4 Å². The largest absolute Gasteiger partial charge is 0.376 e. The van der Waals surface area contributed by atoms with E-state index in [-0.39, 0.29) is 0 Å². The van der Waals surface area contributed by atoms with E-state index in [1.807, 2.05) is 13.8 Å². The highest BCUT2D eigenvalue weighted by Crippen LogP contribution is 2.19. The van der Waals surface area contributed by atoms with E-state index in [0.717, 1.165) is 31.2 Å². The molecule has 0 aromatic carbocycles. The molecule has 0 radical (unpaired) electrons. The van der Waals surface area contributed by atoms with E-state index < -0.39 is 0 Å². The molecule has 4 nitrogen and oxygen atoms in total. The Bertz CT molecular complexity index is 342. The molecule has 90 valence electrons. The molecule has 2 atom stereocenters. The average Bonchev–Trinajstić information content (AvgIpc) is 2.55. The lowest BCUT2D eigenvalue weighted by molar-refractivity contribution is -0.0528. The quantitative estimate of drug-likeness (QED) is 0.769. The number of aryl methyl sites for hydroxylation is 2. The summed E-state index contributed by atoms with van der Waals surface area (Å²) in [7, 11) is 0. The van der Waals surface area contributed by atoms with Gasteiger partial charge in [-0.3, -0.25) is 4.90 Å². The molecule has 1 fully saturated rings. The summed E-state index contributed by atoms with van der Waals surface area (Å²) < 4.78 is 10.8. The Kier molecular flexibility index (Phi) is 3.30. The Hall–Kier alpha value is -0.870. The third-order valence-corrected chi connectivity index (χ3v) is 3.28. The number of rotatable bonds is 2. The van der Waals surface area contributed by atoms with Crippen LogP contribution >= 0.6 is 0 Å². The lowest BCUT2D eigenvalue weighted by atomic mass is 10.1. The van der Waals surface area contributed by atoms with Crippen LogP contribution in [0.3, 0.4) is 0 Å². The fourth-order valence-electron chi connectivity index (χ4n) is 2.12. The summed E-state index contributed by atoms with van der Waals surface area (Å²) in [6.07, 6.45) is 0.316. The lowest BCUT2D eigenvalue weighted by Crippen LogP contribution is -2.46. The Labute approximate surface area is 96.5 Å². The van der Waals surface area contributed by atoms with Crippen LogP contribution < -0.4 is 0 Å². The summed E-state index contributed by atoms with van der Waals surface area (Å²) >= 11 is 0. The highest BCUT2D eigenvalue weighted by Gasteiger charge is 2.25. The topological polar surface area (TPSA) is 38.5 Å². The first kappa shape index (κ1) is 11.6. The van der Waals surface area contributed by atoms with Crippen LogP contribution in [0.5, 0.6) is 0 Å². The van der Waals surface area contributed by atoms with E-state index in [0.29, 0.717) is 12.1 Å². The SMILES string of the molecule is Cc1noc(C)c1CN1CC(C)OCC1C. The van der Waals surface area contributed by atoms with Crippen LogP contribution in [0, 0.1) is 13.8 Å². The lowest BCUT2D eigenvalue weighted by Gasteiger charge is -2.36. The number of hydrogen-bond donors (Lipinski definition) is 0. The van der Waals surface area contributed by atoms with Crippen LogP contribution in [-0.4, -0.2) is 35.4 Å². The van der Waals surface area contributed by atoms with Gasteiger partial charge in [-0.2, -0.15) is 0 Å². The number of ether oxygens (including phenoxy) is 1. The predicted molar refractivity (Wildman–Crippen MR) is 61.3 cm³/mol. The highest BCUT2D eigenvalue weighted by atomic mass is 16.5. The molecule has 4 heteroatoms. The van der Waals surface area contributed by atoms with Gasteiger partial charge in [-0.15, -0.1) is 0 Å². The summed E-state index contributed by atoms with van der Waals surface area (Å²) in [6.45, 7) is 11.0. The number of hydrogen-bond acceptors (Lipinski definition) is 4. The standard InChI is InChI=1S/C12H20N2O2/c1-8-7-15-9(2)5-14(8)6-12-10(3)13-16-11(12)4/h8-9H,5-7H2,1-4H3. The normalized spacial score (nSPS) is 27.2. The fraction of sp³-hybridized carbons (Fsp3) is 0.750. The van der Waals surface area contributed by atoms with Crippen molar-refractivity contribution in [2.75, 3.05) is 13.2 Å². The molecule has 1 aromatic heterocycles. The van der Waals surface area contributed by atoms with Crippen molar-refractivity contribution in [1.29, 1.82) is 0 Å². The van der Waals surface area contributed by atoms with E-state index in [4.69, 9.17) is 9.26 Å². The van der Waals surface area contributed by atoms with Crippen LogP contribution in [0.15, 0.2) is 4.52 Å². The first-order valence-corrected chi connectivity index (χ1v) is 5.85. The van der Waals surface area contributed by atoms with E-state index in [1.165, 1.54) is 5.56 Å². The van der Waals surface area contributed by atoms with Crippen molar-refractivity contribution in [1.82, 2.24) is 10.1 Å². The second-order valence-electron chi connectivity index (χ2n) is 4.73. The van der Waals surface area contributed by atoms with E-state index in [2.05, 4.69) is 23.9 Å². The molecular weight excluding hydrogens is 204 g/mol. The van der Waals surface area contributed by atoms with Gasteiger partial charge in [0.1, 0.15) is 5.76 Å². The summed E-state index contributed by atoms with van der Waals surface area (Å²) in [5.74, 6) is 0.934. The first-order chi connectivity index (χ1) is 7.58. The maximum absolute atomic E-state index is 5.62. The molecule has 2 unspecified atom stereocenters. The predicted octanol–water partition coefficient (Wildman–Crippen LogP) is 1.90. The van der Waals surface area contributed by atoms with Crippen molar-refractivity contribution in [2.45, 2.75) is 46.4 Å². The molecule has 0 bridgehead atoms. The molecule has 1 aliphatic heterocycles. The molecule has 0 saturated carbocycles. The minimum Gasteiger partial charge on any atom is -0.376 e. The number of aromatic nitrogens is 1. The number of morpholine rings is 1. The second kappa shape index (κ2) is 4.55. The molecule has 2 rings (SSSR count). The van der Waals surface area contributed by atoms with Crippen LogP contribution in [0.25, 0.3) is 0 Å². The summed E-state index contributed by atoms with van der Waals surface area (Å²) in [5, 5.41) is 3.99. The van der Waals surface area contributed by atoms with Crippen molar-refractivity contribution in [3.8, 4) is 0 Å². The molecule has 1 saturated heterocycles. The van der Waals surface area contributed by atoms with Gasteiger partial charge >= 0.3 is 0 Å². The Morgan fingerprint density at radius 1 is 1.38 bits per heavy atom. The zero-order chi connectivity index (χ0) is 11.7. The van der Waals surface area contributed by atoms with Crippen molar-refractivity contribution in [3.63, 3.8) is 0 Å². The Morgan fingerprint density at radius 2 is 2.12 bits per heavy atom. The third kappa shape index (κ3) is 2.28. The Balaban J connectivity index is 2.08. The molecule has 0 spiro atoms. The molecule has 0 amide bonds. The van der Waals surface area contributed by atoms with Gasteiger partial charge in [0.2, 0.25) is 0 Å². The van der Waals surface area contributed by atoms with Gasteiger partial charge < -0.3 is 9.26 Å². The van der Waals surface area contributed by atoms with Crippen LogP contribution in [0.2, 0.25) is 0 Å². The van der Waals surface area contributed by atoms with Gasteiger partial charge in [-0.25, -0.2) is 0 Å². The van der Waals surface area contributed by atoms with Gasteiger partial charge in [0, 0.05) is 24.7 Å². The third-order valence-electron chi connectivity index (χ3n) is 3.28. The molecule has 0 N–H and O–H groups in total. The first-order valence-electron chi connectivity index (χ1n) is 5.85. The molecule has 1 aliphatic rings. The molecular formula is C12H20N2O2. The van der Waals surface area contributed by atoms with Crippen molar-refractivity contribution in [2.24, 2.45) is 0 Å². The highest BCUT2D eigenvalue weighted by molar-refractivity contribution is 5.20. The summed E-state index contributed by atoms with van der Waals surface area (Å²) in [4.78, 5) is 2.43.